The van der Waals surface area contributed by atoms with Gasteiger partial charge in [-0.25, -0.2) is 8.42 Å². The van der Waals surface area contributed by atoms with Crippen LogP contribution in [0.4, 0.5) is 11.4 Å². The molecule has 5 aromatic rings. The van der Waals surface area contributed by atoms with Crippen LogP contribution in [0.15, 0.2) is 154 Å². The van der Waals surface area contributed by atoms with E-state index in [9.17, 15) is 13.2 Å². The Morgan fingerprint density at radius 2 is 1.23 bits per heavy atom. The summed E-state index contributed by atoms with van der Waals surface area (Å²) in [6, 6.07) is 41.2. The minimum Gasteiger partial charge on any atom is -0.457 e. The number of nitrogens with zero attached hydrogens (tertiary/aromatic N) is 1. The van der Waals surface area contributed by atoms with Crippen molar-refractivity contribution in [2.24, 2.45) is 0 Å². The van der Waals surface area contributed by atoms with Crippen molar-refractivity contribution in [3.05, 3.63) is 140 Å². The van der Waals surface area contributed by atoms with Crippen LogP contribution in [0.25, 0.3) is 0 Å². The lowest BCUT2D eigenvalue weighted by molar-refractivity contribution is -0.114. The summed E-state index contributed by atoms with van der Waals surface area (Å²) >= 11 is 1.52. The summed E-state index contributed by atoms with van der Waals surface area (Å²) in [7, 11) is -4.05. The topological polar surface area (TPSA) is 75.7 Å². The van der Waals surface area contributed by atoms with Gasteiger partial charge in [0.1, 0.15) is 18.0 Å². The maximum absolute atomic E-state index is 13.7. The van der Waals surface area contributed by atoms with E-state index in [1.54, 1.807) is 48.5 Å². The quantitative estimate of drug-likeness (QED) is 0.190. The van der Waals surface area contributed by atoms with Gasteiger partial charge in [-0.15, -0.1) is 0 Å². The maximum atomic E-state index is 13.7. The number of hydrogen-bond acceptors (Lipinski definition) is 5. The smallest absolute Gasteiger partial charge is 0.264 e. The van der Waals surface area contributed by atoms with Gasteiger partial charge in [-0.2, -0.15) is 0 Å². The average molecular weight is 567 g/mol. The SMILES string of the molecule is O=C(CN(c1ccc(Oc2ccccc2)cc1)S(=O)(=O)c1ccccc1)Nc1ccccc1Sc1ccccc1. The summed E-state index contributed by atoms with van der Waals surface area (Å²) in [6.45, 7) is -0.416. The van der Waals surface area contributed by atoms with E-state index in [2.05, 4.69) is 5.32 Å². The Bertz CT molecular complexity index is 1660. The highest BCUT2D eigenvalue weighted by Gasteiger charge is 2.27. The van der Waals surface area contributed by atoms with Crippen molar-refractivity contribution < 1.29 is 17.9 Å². The number of sulfonamides is 1. The maximum Gasteiger partial charge on any atom is 0.264 e. The van der Waals surface area contributed by atoms with Crippen LogP contribution < -0.4 is 14.4 Å². The third-order valence-electron chi connectivity index (χ3n) is 5.85. The first-order chi connectivity index (χ1) is 19.5. The standard InChI is InChI=1S/C32H26N2O4S2/c35-32(33-30-18-10-11-19-31(30)39-28-14-6-2-7-15-28)24-34(40(36,37)29-16-8-3-9-17-29)25-20-22-27(23-21-25)38-26-12-4-1-5-13-26/h1-23H,24H2,(H,33,35). The first kappa shape index (κ1) is 27.1. The fraction of sp³-hybridized carbons (Fsp3) is 0.0312. The number of carbonyl (C=O) groups is 1. The summed E-state index contributed by atoms with van der Waals surface area (Å²) in [5, 5.41) is 2.91. The zero-order chi connectivity index (χ0) is 27.8. The molecule has 0 radical (unpaired) electrons. The molecule has 0 saturated heterocycles. The van der Waals surface area contributed by atoms with Crippen molar-refractivity contribution in [2.45, 2.75) is 14.7 Å². The molecule has 6 nitrogen and oxygen atoms in total. The summed E-state index contributed by atoms with van der Waals surface area (Å²) in [4.78, 5) is 15.3. The number of benzene rings is 5. The molecule has 0 saturated carbocycles. The van der Waals surface area contributed by atoms with E-state index in [0.717, 1.165) is 14.1 Å². The van der Waals surface area contributed by atoms with Gasteiger partial charge in [0.2, 0.25) is 5.91 Å². The van der Waals surface area contributed by atoms with E-state index in [4.69, 9.17) is 4.74 Å². The molecule has 0 atom stereocenters. The molecule has 5 rings (SSSR count). The van der Waals surface area contributed by atoms with Crippen molar-refractivity contribution >= 4 is 39.1 Å². The van der Waals surface area contributed by atoms with Crippen LogP contribution in [-0.4, -0.2) is 20.9 Å². The Hall–Kier alpha value is -4.53. The molecule has 0 aromatic heterocycles. The zero-order valence-electron chi connectivity index (χ0n) is 21.4. The zero-order valence-corrected chi connectivity index (χ0v) is 23.0. The average Bonchev–Trinajstić information content (AvgIpc) is 2.99. The van der Waals surface area contributed by atoms with Gasteiger partial charge < -0.3 is 10.1 Å². The van der Waals surface area contributed by atoms with Crippen LogP contribution in [0.2, 0.25) is 0 Å². The third-order valence-corrected chi connectivity index (χ3v) is 8.73. The number of para-hydroxylation sites is 2. The number of hydrogen-bond donors (Lipinski definition) is 1. The molecule has 40 heavy (non-hydrogen) atoms. The predicted molar refractivity (Wildman–Crippen MR) is 160 cm³/mol. The lowest BCUT2D eigenvalue weighted by Crippen LogP contribution is -2.38. The molecule has 0 aliphatic carbocycles. The minimum atomic E-state index is -4.05. The van der Waals surface area contributed by atoms with Crippen LogP contribution in [-0.2, 0) is 14.8 Å². The molecule has 1 amide bonds. The van der Waals surface area contributed by atoms with Crippen molar-refractivity contribution in [1.29, 1.82) is 0 Å². The van der Waals surface area contributed by atoms with Crippen LogP contribution in [0.5, 0.6) is 11.5 Å². The molecule has 0 aliphatic heterocycles. The van der Waals surface area contributed by atoms with E-state index in [-0.39, 0.29) is 4.90 Å². The van der Waals surface area contributed by atoms with E-state index >= 15 is 0 Å². The first-order valence-corrected chi connectivity index (χ1v) is 14.8. The van der Waals surface area contributed by atoms with Gasteiger partial charge in [-0.3, -0.25) is 9.10 Å². The van der Waals surface area contributed by atoms with Gasteiger partial charge in [-0.1, -0.05) is 78.5 Å². The Morgan fingerprint density at radius 3 is 1.90 bits per heavy atom. The monoisotopic (exact) mass is 566 g/mol. The molecular weight excluding hydrogens is 540 g/mol. The molecule has 0 aliphatic rings. The highest BCUT2D eigenvalue weighted by molar-refractivity contribution is 7.99. The number of rotatable bonds is 10. The van der Waals surface area contributed by atoms with E-state index in [0.29, 0.717) is 22.9 Å². The van der Waals surface area contributed by atoms with Gasteiger partial charge in [0.25, 0.3) is 10.0 Å². The Labute approximate surface area is 238 Å². The molecule has 0 fully saturated rings. The van der Waals surface area contributed by atoms with Gasteiger partial charge in [-0.05, 0) is 72.8 Å². The second kappa shape index (κ2) is 12.5. The number of nitrogens with one attached hydrogen (secondary N) is 1. The fourth-order valence-electron chi connectivity index (χ4n) is 3.93. The van der Waals surface area contributed by atoms with E-state index < -0.39 is 22.5 Å². The van der Waals surface area contributed by atoms with Crippen molar-refractivity contribution in [3.8, 4) is 11.5 Å². The third kappa shape index (κ3) is 6.72. The summed E-state index contributed by atoms with van der Waals surface area (Å²) < 4.78 is 34.4. The van der Waals surface area contributed by atoms with Gasteiger partial charge >= 0.3 is 0 Å². The molecule has 0 unspecified atom stereocenters. The number of anilines is 2. The lowest BCUT2D eigenvalue weighted by Gasteiger charge is -2.24. The highest BCUT2D eigenvalue weighted by Crippen LogP contribution is 2.33. The largest absolute Gasteiger partial charge is 0.457 e. The second-order valence-corrected chi connectivity index (χ2v) is 11.7. The summed E-state index contributed by atoms with van der Waals surface area (Å²) in [5.41, 5.74) is 0.941. The van der Waals surface area contributed by atoms with Gasteiger partial charge in [0, 0.05) is 9.79 Å². The molecule has 200 valence electrons. The van der Waals surface area contributed by atoms with Crippen molar-refractivity contribution in [1.82, 2.24) is 0 Å². The number of amides is 1. The minimum absolute atomic E-state index is 0.0902. The Balaban J connectivity index is 1.40. The van der Waals surface area contributed by atoms with Crippen molar-refractivity contribution in [2.75, 3.05) is 16.2 Å². The van der Waals surface area contributed by atoms with Crippen molar-refractivity contribution in [3.63, 3.8) is 0 Å². The molecule has 0 spiro atoms. The summed E-state index contributed by atoms with van der Waals surface area (Å²) in [5.74, 6) is 0.740. The molecule has 0 heterocycles. The second-order valence-electron chi connectivity index (χ2n) is 8.69. The van der Waals surface area contributed by atoms with E-state index in [1.807, 2.05) is 78.9 Å². The summed E-state index contributed by atoms with van der Waals surface area (Å²) in [6.07, 6.45) is 0. The molecule has 8 heteroatoms. The fourth-order valence-corrected chi connectivity index (χ4v) is 6.30. The lowest BCUT2D eigenvalue weighted by atomic mass is 10.3. The number of ether oxygens (including phenoxy) is 1. The van der Waals surface area contributed by atoms with Crippen LogP contribution >= 0.6 is 11.8 Å². The van der Waals surface area contributed by atoms with Crippen LogP contribution in [0.3, 0.4) is 0 Å². The number of carbonyl (C=O) groups excluding carboxylic acids is 1. The molecule has 0 bridgehead atoms. The predicted octanol–water partition coefficient (Wildman–Crippen LogP) is 7.46. The van der Waals surface area contributed by atoms with E-state index in [1.165, 1.54) is 23.9 Å². The first-order valence-electron chi connectivity index (χ1n) is 12.5. The normalized spacial score (nSPS) is 11.0. The van der Waals surface area contributed by atoms with Gasteiger partial charge in [0.15, 0.2) is 0 Å². The molecule has 5 aromatic carbocycles. The highest BCUT2D eigenvalue weighted by atomic mass is 32.2. The van der Waals surface area contributed by atoms with Crippen LogP contribution in [0.1, 0.15) is 0 Å². The Morgan fingerprint density at radius 1 is 0.675 bits per heavy atom. The van der Waals surface area contributed by atoms with Crippen LogP contribution in [0, 0.1) is 0 Å². The molecular formula is C32H26N2O4S2. The van der Waals surface area contributed by atoms with Gasteiger partial charge in [0.05, 0.1) is 16.3 Å². The molecule has 1 N–H and O–H groups in total. The Kier molecular flexibility index (Phi) is 8.49.